The van der Waals surface area contributed by atoms with Gasteiger partial charge in [-0.2, -0.15) is 0 Å². The van der Waals surface area contributed by atoms with Crippen molar-refractivity contribution >= 4 is 17.6 Å². The average molecular weight is 259 g/mol. The van der Waals surface area contributed by atoms with Crippen molar-refractivity contribution in [3.05, 3.63) is 29.8 Å². The zero-order chi connectivity index (χ0) is 14.3. The molecule has 1 rings (SSSR count). The Morgan fingerprint density at radius 1 is 1.32 bits per heavy atom. The van der Waals surface area contributed by atoms with Gasteiger partial charge in [-0.25, -0.2) is 4.79 Å². The molecule has 3 N–H and O–H groups in total. The van der Waals surface area contributed by atoms with Gasteiger partial charge in [0.25, 0.3) is 5.91 Å². The van der Waals surface area contributed by atoms with Crippen molar-refractivity contribution in [1.82, 2.24) is 10.6 Å². The highest BCUT2D eigenvalue weighted by Gasteiger charge is 2.12. The van der Waals surface area contributed by atoms with Gasteiger partial charge in [0.1, 0.15) is 0 Å². The largest absolute Gasteiger partial charge is 0.341 e. The maximum absolute atomic E-state index is 11.8. The van der Waals surface area contributed by atoms with Gasteiger partial charge in [0.2, 0.25) is 0 Å². The predicted octanol–water partition coefficient (Wildman–Crippen LogP) is 1.58. The molecule has 0 aliphatic rings. The lowest BCUT2D eigenvalue weighted by Gasteiger charge is -2.13. The molecule has 0 aromatic heterocycles. The van der Waals surface area contributed by atoms with E-state index >= 15 is 0 Å². The molecule has 1 aromatic carbocycles. The third kappa shape index (κ3) is 4.72. The molecule has 0 aliphatic carbocycles. The molecule has 5 nitrogen and oxygen atoms in total. The summed E-state index contributed by atoms with van der Waals surface area (Å²) in [7, 11) is 0. The fraction of sp³-hybridized carbons (Fsp3) is 0.286. The van der Waals surface area contributed by atoms with E-state index in [-0.39, 0.29) is 24.5 Å². The van der Waals surface area contributed by atoms with Crippen molar-refractivity contribution < 1.29 is 9.59 Å². The average Bonchev–Trinajstić information content (AvgIpc) is 2.35. The minimum Gasteiger partial charge on any atom is -0.341 e. The Labute approximate surface area is 112 Å². The van der Waals surface area contributed by atoms with Crippen LogP contribution in [-0.4, -0.2) is 24.5 Å². The molecule has 3 amide bonds. The number of para-hydroxylation sites is 1. The minimum absolute atomic E-state index is 0.0161. The molecule has 1 aromatic rings. The number of urea groups is 1. The van der Waals surface area contributed by atoms with Crippen LogP contribution >= 0.6 is 0 Å². The van der Waals surface area contributed by atoms with Crippen LogP contribution in [0.4, 0.5) is 10.5 Å². The zero-order valence-corrected chi connectivity index (χ0v) is 11.0. The first kappa shape index (κ1) is 14.6. The van der Waals surface area contributed by atoms with Crippen LogP contribution in [0.5, 0.6) is 0 Å². The van der Waals surface area contributed by atoms with E-state index in [4.69, 9.17) is 6.42 Å². The molecule has 0 radical (unpaired) electrons. The van der Waals surface area contributed by atoms with Crippen LogP contribution in [0, 0.1) is 12.3 Å². The summed E-state index contributed by atoms with van der Waals surface area (Å²) in [6.45, 7) is 3.85. The van der Waals surface area contributed by atoms with E-state index < -0.39 is 0 Å². The summed E-state index contributed by atoms with van der Waals surface area (Å²) in [5.74, 6) is 2.00. The first-order valence-corrected chi connectivity index (χ1v) is 5.92. The van der Waals surface area contributed by atoms with Crippen molar-refractivity contribution in [2.75, 3.05) is 11.9 Å². The Morgan fingerprint density at radius 2 is 2.00 bits per heavy atom. The minimum atomic E-state index is -0.354. The molecule has 0 heterocycles. The highest BCUT2D eigenvalue weighted by Crippen LogP contribution is 2.14. The summed E-state index contributed by atoms with van der Waals surface area (Å²) in [4.78, 5) is 23.5. The Hall–Kier alpha value is -2.48. The summed E-state index contributed by atoms with van der Waals surface area (Å²) >= 11 is 0. The Kier molecular flexibility index (Phi) is 5.42. The van der Waals surface area contributed by atoms with Gasteiger partial charge in [0.15, 0.2) is 0 Å². The standard InChI is InChI=1S/C14H17N3O2/c1-4-9-15-13(18)11-7-5-6-8-12(11)17-14(19)16-10(2)3/h1,5-8,10H,9H2,2-3H3,(H,15,18)(H2,16,17,19). The van der Waals surface area contributed by atoms with Crippen molar-refractivity contribution in [2.45, 2.75) is 19.9 Å². The van der Waals surface area contributed by atoms with E-state index in [2.05, 4.69) is 21.9 Å². The summed E-state index contributed by atoms with van der Waals surface area (Å²) in [5.41, 5.74) is 0.812. The van der Waals surface area contributed by atoms with Gasteiger partial charge in [-0.1, -0.05) is 18.1 Å². The monoisotopic (exact) mass is 259 g/mol. The van der Waals surface area contributed by atoms with Crippen LogP contribution in [0.25, 0.3) is 0 Å². The first-order valence-electron chi connectivity index (χ1n) is 5.92. The molecule has 0 aliphatic heterocycles. The van der Waals surface area contributed by atoms with Gasteiger partial charge in [-0.05, 0) is 26.0 Å². The van der Waals surface area contributed by atoms with Crippen LogP contribution in [0.2, 0.25) is 0 Å². The van der Waals surface area contributed by atoms with Crippen molar-refractivity contribution in [3.8, 4) is 12.3 Å². The smallest absolute Gasteiger partial charge is 0.319 e. The van der Waals surface area contributed by atoms with Gasteiger partial charge in [0, 0.05) is 6.04 Å². The normalized spacial score (nSPS) is 9.58. The molecule has 0 fully saturated rings. The molecule has 100 valence electrons. The number of carbonyl (C=O) groups excluding carboxylic acids is 2. The third-order valence-electron chi connectivity index (χ3n) is 2.19. The molecular weight excluding hydrogens is 242 g/mol. The molecular formula is C14H17N3O2. The van der Waals surface area contributed by atoms with E-state index in [1.54, 1.807) is 24.3 Å². The quantitative estimate of drug-likeness (QED) is 0.718. The Balaban J connectivity index is 2.81. The third-order valence-corrected chi connectivity index (χ3v) is 2.19. The highest BCUT2D eigenvalue weighted by molar-refractivity contribution is 6.03. The van der Waals surface area contributed by atoms with Gasteiger partial charge in [-0.15, -0.1) is 6.42 Å². The summed E-state index contributed by atoms with van der Waals surface area (Å²) in [6.07, 6.45) is 5.08. The van der Waals surface area contributed by atoms with Crippen LogP contribution in [0.15, 0.2) is 24.3 Å². The molecule has 5 heteroatoms. The summed E-state index contributed by atoms with van der Waals surface area (Å²) in [6, 6.07) is 6.40. The lowest BCUT2D eigenvalue weighted by Crippen LogP contribution is -2.35. The Morgan fingerprint density at radius 3 is 2.63 bits per heavy atom. The number of amides is 3. The summed E-state index contributed by atoms with van der Waals surface area (Å²) in [5, 5.41) is 7.88. The molecule has 0 unspecified atom stereocenters. The van der Waals surface area contributed by atoms with E-state index in [1.165, 1.54) is 0 Å². The SMILES string of the molecule is C#CCNC(=O)c1ccccc1NC(=O)NC(C)C. The molecule has 0 atom stereocenters. The number of rotatable bonds is 4. The van der Waals surface area contributed by atoms with E-state index in [0.717, 1.165) is 0 Å². The van der Waals surface area contributed by atoms with Crippen molar-refractivity contribution in [1.29, 1.82) is 0 Å². The number of hydrogen-bond acceptors (Lipinski definition) is 2. The highest BCUT2D eigenvalue weighted by atomic mass is 16.2. The van der Waals surface area contributed by atoms with Crippen LogP contribution in [-0.2, 0) is 0 Å². The lowest BCUT2D eigenvalue weighted by molar-refractivity contribution is 0.0959. The van der Waals surface area contributed by atoms with Crippen molar-refractivity contribution in [2.24, 2.45) is 0 Å². The van der Waals surface area contributed by atoms with E-state index in [0.29, 0.717) is 11.3 Å². The molecule has 19 heavy (non-hydrogen) atoms. The second-order valence-electron chi connectivity index (χ2n) is 4.19. The van der Waals surface area contributed by atoms with E-state index in [9.17, 15) is 9.59 Å². The van der Waals surface area contributed by atoms with Gasteiger partial charge >= 0.3 is 6.03 Å². The number of anilines is 1. The topological polar surface area (TPSA) is 70.2 Å². The van der Waals surface area contributed by atoms with Gasteiger partial charge in [-0.3, -0.25) is 4.79 Å². The van der Waals surface area contributed by atoms with Crippen LogP contribution in [0.1, 0.15) is 24.2 Å². The Bertz CT molecular complexity index is 504. The molecule has 0 bridgehead atoms. The van der Waals surface area contributed by atoms with Crippen LogP contribution < -0.4 is 16.0 Å². The number of nitrogens with one attached hydrogen (secondary N) is 3. The molecule has 0 spiro atoms. The van der Waals surface area contributed by atoms with Crippen molar-refractivity contribution in [3.63, 3.8) is 0 Å². The maximum atomic E-state index is 11.8. The zero-order valence-electron chi connectivity index (χ0n) is 11.0. The maximum Gasteiger partial charge on any atom is 0.319 e. The second-order valence-corrected chi connectivity index (χ2v) is 4.19. The van der Waals surface area contributed by atoms with E-state index in [1.807, 2.05) is 13.8 Å². The number of benzene rings is 1. The first-order chi connectivity index (χ1) is 9.04. The number of terminal acetylenes is 1. The lowest BCUT2D eigenvalue weighted by atomic mass is 10.1. The second kappa shape index (κ2) is 7.07. The van der Waals surface area contributed by atoms with Gasteiger partial charge in [0.05, 0.1) is 17.8 Å². The molecule has 0 saturated heterocycles. The van der Waals surface area contributed by atoms with Gasteiger partial charge < -0.3 is 16.0 Å². The summed E-state index contributed by atoms with van der Waals surface area (Å²) < 4.78 is 0. The number of hydrogen-bond donors (Lipinski definition) is 3. The fourth-order valence-corrected chi connectivity index (χ4v) is 1.44. The predicted molar refractivity (Wildman–Crippen MR) is 74.9 cm³/mol. The fourth-order valence-electron chi connectivity index (χ4n) is 1.44. The number of carbonyl (C=O) groups is 2. The van der Waals surface area contributed by atoms with Crippen LogP contribution in [0.3, 0.4) is 0 Å². The molecule has 0 saturated carbocycles.